The highest BCUT2D eigenvalue weighted by Crippen LogP contribution is 2.08. The van der Waals surface area contributed by atoms with Crippen LogP contribution in [0.1, 0.15) is 6.42 Å². The molecule has 0 bridgehead atoms. The summed E-state index contributed by atoms with van der Waals surface area (Å²) in [4.78, 5) is 5.15. The molecule has 1 rings (SSSR count). The van der Waals surface area contributed by atoms with Crippen molar-refractivity contribution in [2.45, 2.75) is 6.42 Å². The molecule has 1 aliphatic rings. The maximum atomic E-state index is 8.04. The van der Waals surface area contributed by atoms with E-state index in [2.05, 4.69) is 14.9 Å². The third-order valence-corrected chi connectivity index (χ3v) is 2.84. The highest BCUT2D eigenvalue weighted by Gasteiger charge is 2.08. The Hall–Kier alpha value is -0.380. The Kier molecular flexibility index (Phi) is 4.99. The van der Waals surface area contributed by atoms with Crippen LogP contribution in [0.25, 0.3) is 10.4 Å². The molecule has 5 heteroatoms. The average Bonchev–Trinajstić information content (AvgIpc) is 2.14. The van der Waals surface area contributed by atoms with Gasteiger partial charge < -0.3 is 4.90 Å². The van der Waals surface area contributed by atoms with Crippen molar-refractivity contribution in [1.29, 1.82) is 0 Å². The number of nitrogens with zero attached hydrogens (tertiary/aromatic N) is 4. The van der Waals surface area contributed by atoms with Crippen LogP contribution in [0.3, 0.4) is 0 Å². The lowest BCUT2D eigenvalue weighted by Gasteiger charge is -2.25. The smallest absolute Gasteiger partial charge is 0.0270 e. The van der Waals surface area contributed by atoms with Crippen molar-refractivity contribution in [3.05, 3.63) is 10.4 Å². The van der Waals surface area contributed by atoms with E-state index in [0.29, 0.717) is 6.54 Å². The molecule has 0 aromatic rings. The standard InChI is InChI=1S/C7H14N4S/c8-10-9-2-1-3-11-4-6-12-7-5-11/h1-7H2. The van der Waals surface area contributed by atoms with Gasteiger partial charge in [-0.25, -0.2) is 0 Å². The van der Waals surface area contributed by atoms with Gasteiger partial charge in [-0.1, -0.05) is 5.11 Å². The summed E-state index contributed by atoms with van der Waals surface area (Å²) in [5.41, 5.74) is 8.04. The molecule has 0 unspecified atom stereocenters. The zero-order valence-corrected chi connectivity index (χ0v) is 7.96. The van der Waals surface area contributed by atoms with Gasteiger partial charge in [-0.15, -0.1) is 0 Å². The first-order valence-electron chi connectivity index (χ1n) is 4.24. The van der Waals surface area contributed by atoms with Gasteiger partial charge in [-0.2, -0.15) is 11.8 Å². The third-order valence-electron chi connectivity index (χ3n) is 1.90. The van der Waals surface area contributed by atoms with Crippen molar-refractivity contribution in [3.8, 4) is 0 Å². The Morgan fingerprint density at radius 2 is 2.17 bits per heavy atom. The lowest BCUT2D eigenvalue weighted by atomic mass is 10.4. The zero-order valence-electron chi connectivity index (χ0n) is 7.15. The summed E-state index contributed by atoms with van der Waals surface area (Å²) in [6.45, 7) is 4.11. The fourth-order valence-corrected chi connectivity index (χ4v) is 2.21. The van der Waals surface area contributed by atoms with Gasteiger partial charge in [0, 0.05) is 36.1 Å². The van der Waals surface area contributed by atoms with Crippen molar-refractivity contribution in [3.63, 3.8) is 0 Å². The number of rotatable bonds is 4. The molecule has 0 N–H and O–H groups in total. The number of hydrogen-bond donors (Lipinski definition) is 0. The van der Waals surface area contributed by atoms with Gasteiger partial charge >= 0.3 is 0 Å². The lowest BCUT2D eigenvalue weighted by Crippen LogP contribution is -2.33. The minimum absolute atomic E-state index is 0.639. The maximum absolute atomic E-state index is 8.04. The number of azide groups is 1. The first-order chi connectivity index (χ1) is 5.93. The molecule has 1 aliphatic heterocycles. The number of thioether (sulfide) groups is 1. The van der Waals surface area contributed by atoms with Gasteiger partial charge in [-0.3, -0.25) is 0 Å². The molecular weight excluding hydrogens is 172 g/mol. The molecule has 0 aromatic heterocycles. The summed E-state index contributed by atoms with van der Waals surface area (Å²) in [5, 5.41) is 3.50. The van der Waals surface area contributed by atoms with Crippen LogP contribution in [-0.2, 0) is 0 Å². The van der Waals surface area contributed by atoms with Crippen LogP contribution >= 0.6 is 11.8 Å². The van der Waals surface area contributed by atoms with Crippen LogP contribution in [-0.4, -0.2) is 42.6 Å². The molecule has 12 heavy (non-hydrogen) atoms. The van der Waals surface area contributed by atoms with Gasteiger partial charge in [0.2, 0.25) is 0 Å². The summed E-state index contributed by atoms with van der Waals surface area (Å²) >= 11 is 2.02. The second-order valence-electron chi connectivity index (χ2n) is 2.76. The fourth-order valence-electron chi connectivity index (χ4n) is 1.23. The molecule has 0 amide bonds. The number of hydrogen-bond acceptors (Lipinski definition) is 3. The summed E-state index contributed by atoms with van der Waals surface area (Å²) < 4.78 is 0. The monoisotopic (exact) mass is 186 g/mol. The van der Waals surface area contributed by atoms with Crippen LogP contribution in [0.2, 0.25) is 0 Å². The Balaban J connectivity index is 2.01. The van der Waals surface area contributed by atoms with Gasteiger partial charge in [0.25, 0.3) is 0 Å². The topological polar surface area (TPSA) is 52.0 Å². The van der Waals surface area contributed by atoms with Gasteiger partial charge in [0.1, 0.15) is 0 Å². The summed E-state index contributed by atoms with van der Waals surface area (Å²) in [5.74, 6) is 2.50. The Labute approximate surface area is 76.9 Å². The van der Waals surface area contributed by atoms with Crippen molar-refractivity contribution >= 4 is 11.8 Å². The van der Waals surface area contributed by atoms with Crippen molar-refractivity contribution < 1.29 is 0 Å². The molecule has 1 fully saturated rings. The summed E-state index contributed by atoms with van der Waals surface area (Å²) in [6.07, 6.45) is 0.995. The largest absolute Gasteiger partial charge is 0.302 e. The molecule has 0 spiro atoms. The Bertz CT molecular complexity index is 161. The summed E-state index contributed by atoms with van der Waals surface area (Å²) in [6, 6.07) is 0. The van der Waals surface area contributed by atoms with Crippen LogP contribution in [0, 0.1) is 0 Å². The highest BCUT2D eigenvalue weighted by atomic mass is 32.2. The van der Waals surface area contributed by atoms with Crippen LogP contribution in [0.5, 0.6) is 0 Å². The fraction of sp³-hybridized carbons (Fsp3) is 1.00. The second kappa shape index (κ2) is 6.17. The molecule has 1 heterocycles. The quantitative estimate of drug-likeness (QED) is 0.290. The van der Waals surface area contributed by atoms with Gasteiger partial charge in [-0.05, 0) is 18.5 Å². The van der Waals surface area contributed by atoms with E-state index in [-0.39, 0.29) is 0 Å². The highest BCUT2D eigenvalue weighted by molar-refractivity contribution is 7.99. The van der Waals surface area contributed by atoms with E-state index >= 15 is 0 Å². The van der Waals surface area contributed by atoms with E-state index in [1.165, 1.54) is 24.6 Å². The van der Waals surface area contributed by atoms with E-state index < -0.39 is 0 Å². The first-order valence-corrected chi connectivity index (χ1v) is 5.40. The Morgan fingerprint density at radius 3 is 2.83 bits per heavy atom. The zero-order chi connectivity index (χ0) is 8.65. The first kappa shape index (κ1) is 9.71. The Morgan fingerprint density at radius 1 is 1.42 bits per heavy atom. The average molecular weight is 186 g/mol. The normalized spacial score (nSPS) is 18.7. The van der Waals surface area contributed by atoms with Crippen molar-refractivity contribution in [1.82, 2.24) is 4.90 Å². The molecule has 0 atom stereocenters. The van der Waals surface area contributed by atoms with E-state index in [4.69, 9.17) is 5.53 Å². The van der Waals surface area contributed by atoms with E-state index in [0.717, 1.165) is 13.0 Å². The predicted octanol–water partition coefficient (Wildman–Crippen LogP) is 1.74. The summed E-state index contributed by atoms with van der Waals surface area (Å²) in [7, 11) is 0. The molecule has 68 valence electrons. The molecule has 0 aliphatic carbocycles. The molecule has 0 radical (unpaired) electrons. The second-order valence-corrected chi connectivity index (χ2v) is 3.99. The predicted molar refractivity (Wildman–Crippen MR) is 52.4 cm³/mol. The third kappa shape index (κ3) is 3.85. The molecular formula is C7H14N4S. The van der Waals surface area contributed by atoms with E-state index in [9.17, 15) is 0 Å². The van der Waals surface area contributed by atoms with Gasteiger partial charge in [0.05, 0.1) is 0 Å². The minimum atomic E-state index is 0.639. The van der Waals surface area contributed by atoms with Gasteiger partial charge in [0.15, 0.2) is 0 Å². The minimum Gasteiger partial charge on any atom is -0.302 e. The maximum Gasteiger partial charge on any atom is 0.0270 e. The van der Waals surface area contributed by atoms with Crippen molar-refractivity contribution in [2.75, 3.05) is 37.7 Å². The van der Waals surface area contributed by atoms with Crippen LogP contribution in [0.4, 0.5) is 0 Å². The molecule has 0 saturated carbocycles. The molecule has 4 nitrogen and oxygen atoms in total. The van der Waals surface area contributed by atoms with E-state index in [1.807, 2.05) is 11.8 Å². The van der Waals surface area contributed by atoms with Crippen LogP contribution in [0.15, 0.2) is 5.11 Å². The van der Waals surface area contributed by atoms with E-state index in [1.54, 1.807) is 0 Å². The lowest BCUT2D eigenvalue weighted by molar-refractivity contribution is 0.300. The molecule has 1 saturated heterocycles. The SMILES string of the molecule is [N-]=[N+]=NCCCN1CCSCC1. The molecule has 0 aromatic carbocycles. The van der Waals surface area contributed by atoms with Crippen molar-refractivity contribution in [2.24, 2.45) is 5.11 Å². The van der Waals surface area contributed by atoms with Crippen LogP contribution < -0.4 is 0 Å².